The van der Waals surface area contributed by atoms with Crippen LogP contribution in [0.25, 0.3) is 0 Å². The Morgan fingerprint density at radius 2 is 2.00 bits per heavy atom. The zero-order chi connectivity index (χ0) is 14.8. The van der Waals surface area contributed by atoms with Crippen LogP contribution in [0.5, 0.6) is 0 Å². The SMILES string of the molecule is O=S(=O)(NCC1CCCCC1CBr)c1cc(Cl)c(Br)s1. The van der Waals surface area contributed by atoms with Crippen LogP contribution in [0, 0.1) is 11.8 Å². The lowest BCUT2D eigenvalue weighted by atomic mass is 9.80. The van der Waals surface area contributed by atoms with Gasteiger partial charge in [0.05, 0.1) is 8.81 Å². The first-order valence-electron chi connectivity index (χ1n) is 6.44. The van der Waals surface area contributed by atoms with Crippen molar-refractivity contribution in [3.8, 4) is 0 Å². The van der Waals surface area contributed by atoms with Gasteiger partial charge in [-0.1, -0.05) is 40.4 Å². The van der Waals surface area contributed by atoms with Gasteiger partial charge in [0.25, 0.3) is 0 Å². The van der Waals surface area contributed by atoms with E-state index in [4.69, 9.17) is 11.6 Å². The molecule has 3 nitrogen and oxygen atoms in total. The molecule has 0 amide bonds. The first-order valence-corrected chi connectivity index (χ1v) is 11.0. The molecule has 0 aromatic carbocycles. The number of sulfonamides is 1. The second-order valence-corrected chi connectivity index (χ2v) is 10.4. The van der Waals surface area contributed by atoms with Crippen LogP contribution in [-0.4, -0.2) is 20.3 Å². The molecule has 1 fully saturated rings. The van der Waals surface area contributed by atoms with Gasteiger partial charge in [-0.3, -0.25) is 0 Å². The smallest absolute Gasteiger partial charge is 0.210 e. The number of thiophene rings is 1. The largest absolute Gasteiger partial charge is 0.250 e. The lowest BCUT2D eigenvalue weighted by molar-refractivity contribution is 0.263. The molecular weight excluding hydrogens is 450 g/mol. The molecule has 20 heavy (non-hydrogen) atoms. The molecule has 2 rings (SSSR count). The first-order chi connectivity index (χ1) is 9.44. The molecule has 1 saturated carbocycles. The van der Waals surface area contributed by atoms with Crippen LogP contribution >= 0.6 is 54.8 Å². The van der Waals surface area contributed by atoms with Crippen molar-refractivity contribution in [2.45, 2.75) is 29.9 Å². The van der Waals surface area contributed by atoms with Crippen LogP contribution in [0.15, 0.2) is 14.1 Å². The third-order valence-corrected chi connectivity index (χ3v) is 8.89. The second kappa shape index (κ2) is 7.42. The number of rotatable bonds is 5. The minimum absolute atomic E-state index is 0.264. The third-order valence-electron chi connectivity index (χ3n) is 3.69. The average Bonchev–Trinajstić information content (AvgIpc) is 2.78. The van der Waals surface area contributed by atoms with Crippen molar-refractivity contribution in [2.75, 3.05) is 11.9 Å². The van der Waals surface area contributed by atoms with E-state index in [9.17, 15) is 8.42 Å². The van der Waals surface area contributed by atoms with Gasteiger partial charge in [0.1, 0.15) is 4.21 Å². The molecule has 2 atom stereocenters. The summed E-state index contributed by atoms with van der Waals surface area (Å²) in [7, 11) is -3.45. The van der Waals surface area contributed by atoms with Crippen molar-refractivity contribution in [2.24, 2.45) is 11.8 Å². The molecule has 1 aliphatic rings. The number of nitrogens with one attached hydrogen (secondary N) is 1. The van der Waals surface area contributed by atoms with E-state index in [0.29, 0.717) is 27.2 Å². The Labute approximate surface area is 145 Å². The Kier molecular flexibility index (Phi) is 6.39. The maximum atomic E-state index is 12.2. The van der Waals surface area contributed by atoms with E-state index in [2.05, 4.69) is 36.6 Å². The number of halogens is 3. The summed E-state index contributed by atoms with van der Waals surface area (Å²) < 4.78 is 28.1. The lowest BCUT2D eigenvalue weighted by Gasteiger charge is -2.30. The van der Waals surface area contributed by atoms with Crippen molar-refractivity contribution >= 4 is 64.8 Å². The van der Waals surface area contributed by atoms with Crippen LogP contribution in [0.4, 0.5) is 0 Å². The molecule has 1 heterocycles. The highest BCUT2D eigenvalue weighted by Crippen LogP contribution is 2.35. The minimum atomic E-state index is -3.45. The summed E-state index contributed by atoms with van der Waals surface area (Å²) in [6.45, 7) is 0.506. The molecule has 0 bridgehead atoms. The summed E-state index contributed by atoms with van der Waals surface area (Å²) >= 11 is 13.8. The standard InChI is InChI=1S/C12H16Br2ClNO2S2/c13-6-8-3-1-2-4-9(8)7-16-20(17,18)11-5-10(15)12(14)19-11/h5,8-9,16H,1-4,6-7H2. The predicted octanol–water partition coefficient (Wildman–Crippen LogP) is 4.64. The van der Waals surface area contributed by atoms with E-state index in [1.165, 1.54) is 25.3 Å². The highest BCUT2D eigenvalue weighted by Gasteiger charge is 2.26. The zero-order valence-corrected chi connectivity index (χ0v) is 16.3. The maximum Gasteiger partial charge on any atom is 0.250 e. The summed E-state index contributed by atoms with van der Waals surface area (Å²) in [5, 5.41) is 1.38. The molecule has 0 spiro atoms. The molecular formula is C12H16Br2ClNO2S2. The second-order valence-electron chi connectivity index (χ2n) is 5.00. The van der Waals surface area contributed by atoms with E-state index in [0.717, 1.165) is 23.1 Å². The summed E-state index contributed by atoms with van der Waals surface area (Å²) in [6.07, 6.45) is 4.70. The molecule has 1 N–H and O–H groups in total. The average molecular weight is 466 g/mol. The highest BCUT2D eigenvalue weighted by molar-refractivity contribution is 9.11. The Hall–Kier alpha value is 0.860. The van der Waals surface area contributed by atoms with E-state index >= 15 is 0 Å². The Balaban J connectivity index is 2.01. The quantitative estimate of drug-likeness (QED) is 0.644. The summed E-state index contributed by atoms with van der Waals surface area (Å²) in [6, 6.07) is 1.49. The van der Waals surface area contributed by atoms with Gasteiger partial charge in [-0.15, -0.1) is 11.3 Å². The Bertz CT molecular complexity index is 542. The minimum Gasteiger partial charge on any atom is -0.210 e. The summed E-state index contributed by atoms with van der Waals surface area (Å²) in [4.78, 5) is 0. The highest BCUT2D eigenvalue weighted by atomic mass is 79.9. The van der Waals surface area contributed by atoms with Gasteiger partial charge in [-0.05, 0) is 46.7 Å². The third kappa shape index (κ3) is 4.20. The van der Waals surface area contributed by atoms with Crippen LogP contribution in [-0.2, 0) is 10.0 Å². The van der Waals surface area contributed by atoms with Crippen molar-refractivity contribution in [1.82, 2.24) is 4.72 Å². The van der Waals surface area contributed by atoms with Crippen LogP contribution in [0.2, 0.25) is 5.02 Å². The van der Waals surface area contributed by atoms with Crippen LogP contribution < -0.4 is 4.72 Å². The van der Waals surface area contributed by atoms with Gasteiger partial charge < -0.3 is 0 Å². The monoisotopic (exact) mass is 463 g/mol. The van der Waals surface area contributed by atoms with E-state index < -0.39 is 10.0 Å². The molecule has 0 aliphatic heterocycles. The predicted molar refractivity (Wildman–Crippen MR) is 91.5 cm³/mol. The van der Waals surface area contributed by atoms with E-state index in [1.54, 1.807) is 0 Å². The lowest BCUT2D eigenvalue weighted by Crippen LogP contribution is -2.34. The number of alkyl halides is 1. The molecule has 0 saturated heterocycles. The molecule has 1 aromatic rings. The molecule has 8 heteroatoms. The van der Waals surface area contributed by atoms with Gasteiger partial charge in [0, 0.05) is 11.9 Å². The molecule has 1 aromatic heterocycles. The number of hydrogen-bond donors (Lipinski definition) is 1. The van der Waals surface area contributed by atoms with E-state index in [1.807, 2.05) is 0 Å². The van der Waals surface area contributed by atoms with Crippen molar-refractivity contribution in [3.63, 3.8) is 0 Å². The normalized spacial score (nSPS) is 23.9. The summed E-state index contributed by atoms with van der Waals surface area (Å²) in [5.74, 6) is 0.974. The number of hydrogen-bond acceptors (Lipinski definition) is 3. The van der Waals surface area contributed by atoms with Crippen LogP contribution in [0.1, 0.15) is 25.7 Å². The van der Waals surface area contributed by atoms with Gasteiger partial charge in [-0.25, -0.2) is 13.1 Å². The zero-order valence-electron chi connectivity index (χ0n) is 10.7. The fourth-order valence-corrected chi connectivity index (χ4v) is 6.89. The van der Waals surface area contributed by atoms with Crippen molar-refractivity contribution in [3.05, 3.63) is 14.9 Å². The van der Waals surface area contributed by atoms with Gasteiger partial charge in [0.2, 0.25) is 10.0 Å². The van der Waals surface area contributed by atoms with E-state index in [-0.39, 0.29) is 4.21 Å². The van der Waals surface area contributed by atoms with Gasteiger partial charge in [0.15, 0.2) is 0 Å². The Morgan fingerprint density at radius 1 is 1.35 bits per heavy atom. The van der Waals surface area contributed by atoms with Crippen molar-refractivity contribution in [1.29, 1.82) is 0 Å². The van der Waals surface area contributed by atoms with Crippen LogP contribution in [0.3, 0.4) is 0 Å². The molecule has 114 valence electrons. The molecule has 1 aliphatic carbocycles. The van der Waals surface area contributed by atoms with Gasteiger partial charge in [-0.2, -0.15) is 0 Å². The maximum absolute atomic E-state index is 12.2. The first kappa shape index (κ1) is 17.2. The Morgan fingerprint density at radius 3 is 2.55 bits per heavy atom. The fourth-order valence-electron chi connectivity index (χ4n) is 2.50. The summed E-state index contributed by atoms with van der Waals surface area (Å²) in [5.41, 5.74) is 0. The molecule has 0 radical (unpaired) electrons. The topological polar surface area (TPSA) is 46.2 Å². The van der Waals surface area contributed by atoms with Gasteiger partial charge >= 0.3 is 0 Å². The molecule has 2 unspecified atom stereocenters. The van der Waals surface area contributed by atoms with Crippen molar-refractivity contribution < 1.29 is 8.42 Å². The fraction of sp³-hybridized carbons (Fsp3) is 0.667.